The second-order valence-corrected chi connectivity index (χ2v) is 29.2. The van der Waals surface area contributed by atoms with Gasteiger partial charge in [-0.2, -0.15) is 0 Å². The van der Waals surface area contributed by atoms with E-state index in [1.54, 1.807) is 84.3 Å². The zero-order chi connectivity index (χ0) is 80.8. The number of imidazole rings is 1. The Bertz CT molecular complexity index is 4120. The molecule has 4 amide bonds. The molecule has 8 rings (SSSR count). The molecule has 1 aliphatic carbocycles. The summed E-state index contributed by atoms with van der Waals surface area (Å²) in [5.41, 5.74) is 9.97. The number of carboxylic acid groups (broad SMARTS) is 4. The first-order chi connectivity index (χ1) is 53.8. The van der Waals surface area contributed by atoms with Gasteiger partial charge in [0.2, 0.25) is 30.4 Å². The van der Waals surface area contributed by atoms with E-state index in [0.717, 1.165) is 27.2 Å². The van der Waals surface area contributed by atoms with Gasteiger partial charge in [-0.1, -0.05) is 95.1 Å². The zero-order valence-corrected chi connectivity index (χ0v) is 62.8. The van der Waals surface area contributed by atoms with Crippen LogP contribution in [0, 0.1) is 11.8 Å². The lowest BCUT2D eigenvalue weighted by Gasteiger charge is -2.37. The maximum Gasteiger partial charge on any atom is 0.514 e. The van der Waals surface area contributed by atoms with Crippen molar-refractivity contribution in [1.82, 2.24) is 46.4 Å². The molecule has 4 aromatic carbocycles. The molecule has 37 heteroatoms. The predicted octanol–water partition coefficient (Wildman–Crippen LogP) is 3.50. The van der Waals surface area contributed by atoms with E-state index in [9.17, 15) is 88.2 Å². The first-order valence-corrected chi connectivity index (χ1v) is 38.6. The van der Waals surface area contributed by atoms with Gasteiger partial charge in [-0.05, 0) is 85.9 Å². The topological polar surface area (TPSA) is 521 Å². The van der Waals surface area contributed by atoms with Crippen LogP contribution in [0.5, 0.6) is 23.0 Å². The van der Waals surface area contributed by atoms with Gasteiger partial charge >= 0.3 is 30.0 Å². The number of hydrogen-bond donors (Lipinski definition) is 14. The number of ether oxygens (including phenoxy) is 6. The summed E-state index contributed by atoms with van der Waals surface area (Å²) in [5, 5.41) is 88.1. The largest absolute Gasteiger partial charge is 0.514 e. The average molecular weight is 1600 g/mol. The number of benzene rings is 4. The highest BCUT2D eigenvalue weighted by atomic mass is 33.1. The normalized spacial score (nSPS) is 15.6. The summed E-state index contributed by atoms with van der Waals surface area (Å²) in [7, 11) is 3.42. The number of hydrogen-bond acceptors (Lipinski definition) is 28. The molecule has 0 saturated carbocycles. The van der Waals surface area contributed by atoms with Crippen molar-refractivity contribution in [3.8, 4) is 23.0 Å². The number of ketones is 2. The Morgan fingerprint density at radius 3 is 2.08 bits per heavy atom. The van der Waals surface area contributed by atoms with E-state index in [1.807, 2.05) is 16.7 Å². The number of aryl methyl sites for hydroxylation is 1. The number of carboxylic acids is 4. The van der Waals surface area contributed by atoms with Crippen molar-refractivity contribution in [2.24, 2.45) is 17.6 Å². The van der Waals surface area contributed by atoms with Gasteiger partial charge in [0.25, 0.3) is 6.47 Å². The molecule has 15 N–H and O–H groups in total. The number of aliphatic hydroxyl groups is 3. The fourth-order valence-electron chi connectivity index (χ4n) is 12.7. The van der Waals surface area contributed by atoms with Crippen LogP contribution in [0.25, 0.3) is 11.3 Å². The van der Waals surface area contributed by atoms with Gasteiger partial charge < -0.3 is 101 Å². The average Bonchev–Trinajstić information content (AvgIpc) is 1.54. The minimum Gasteiger partial charge on any atom is -0.493 e. The lowest BCUT2D eigenvalue weighted by molar-refractivity contribution is -0.145. The second-order valence-electron chi connectivity index (χ2n) is 26.5. The van der Waals surface area contributed by atoms with Crippen LogP contribution in [-0.4, -0.2) is 216 Å². The Morgan fingerprint density at radius 2 is 1.42 bits per heavy atom. The van der Waals surface area contributed by atoms with E-state index < -0.39 is 140 Å². The summed E-state index contributed by atoms with van der Waals surface area (Å²) in [6.45, 7) is 0.306. The molecule has 3 heterocycles. The number of Topliss-reactive ketones (excluding diaryl/α,β-unsaturated/α-hetero) is 2. The molecule has 0 fully saturated rings. The summed E-state index contributed by atoms with van der Waals surface area (Å²) < 4.78 is 34.3. The number of nitrogens with zero attached hydrogens (tertiary/aromatic N) is 3. The SMILES string of the molecule is COc1cc2c(cc1OC(=O)OCCSSC[C@@H](CC(=O)[C@H](CC(=O)O)NC(=O)[C@@H](N)CNC(=O)[C@H](Cc1ccccc1)C[C@@H](O)[C@H](Cc1ccccc1)NC(=O)CCCCCCNC(=O)CC[C@@H](N[C@H](O)N[C@@H](CCC(=O)O)OC=O)C(=O)O)C(=O)O)[C@H](O)N(CCCn1ccnc1)C1=C2C(=O)c2cc3c(cc21)OCO3. The molecule has 0 bridgehead atoms. The highest BCUT2D eigenvalue weighted by molar-refractivity contribution is 8.76. The minimum absolute atomic E-state index is 0.0151. The number of unbranched alkanes of at least 4 members (excludes halogenated alkanes) is 3. The molecule has 0 spiro atoms. The fourth-order valence-corrected chi connectivity index (χ4v) is 14.8. The standard InChI is InChI=1S/C75H92N10O25S2/c1-105-57-33-47-50(71(98)85(25-12-24-84-26-23-77-40-84)67-48-34-58-59(109-42-108-58)35-49(48)68(95)66(47)67)36-60(57)110-75(104)106-27-28-111-112-39-46(72(99)100)32-56(88)54(37-65(93)94)81-70(97)51(76)38-79-69(96)45(29-43-13-6-4-7-14-43)31-55(87)53(30-44-15-8-5-9-16-44)80-62(90)17-10-2-3-11-22-78-61(89)19-18-52(73(101)102)82-74(103)83-63(107-41-86)20-21-64(91)92/h4-9,13-16,23,26,33-36,40-41,45-46,51-55,63,71,74,82-83,87,98,103H,2-3,10-12,17-22,24-25,27-32,37-39,42,76H2,1H3,(H,78,89)(H,79,96)(H,80,90)(H,81,97)(H,91,92)(H,93,94)(H,99,100)(H,101,102)/t45-,46-,51+,52-,53+,54+,55-,63-,71+,74+/m1/s1. The van der Waals surface area contributed by atoms with Crippen LogP contribution >= 0.6 is 21.6 Å². The van der Waals surface area contributed by atoms with Gasteiger partial charge in [0.15, 0.2) is 53.4 Å². The Balaban J connectivity index is 0.778. The van der Waals surface area contributed by atoms with Gasteiger partial charge in [-0.3, -0.25) is 58.1 Å². The van der Waals surface area contributed by atoms with Crippen LogP contribution in [0.3, 0.4) is 0 Å². The molecule has 10 atom stereocenters. The fraction of sp³-hybridized carbons (Fsp3) is 0.453. The van der Waals surface area contributed by atoms with Gasteiger partial charge in [0, 0.05) is 98.4 Å². The number of nitrogens with one attached hydrogen (secondary N) is 6. The van der Waals surface area contributed by atoms with E-state index >= 15 is 0 Å². The first-order valence-electron chi connectivity index (χ1n) is 36.1. The summed E-state index contributed by atoms with van der Waals surface area (Å²) in [6, 6.07) is 18.4. The van der Waals surface area contributed by atoms with E-state index in [0.29, 0.717) is 78.1 Å². The summed E-state index contributed by atoms with van der Waals surface area (Å²) in [6.07, 6.45) is -1.71. The van der Waals surface area contributed by atoms with Crippen LogP contribution in [-0.2, 0) is 76.8 Å². The maximum absolute atomic E-state index is 14.3. The van der Waals surface area contributed by atoms with E-state index in [1.165, 1.54) is 19.2 Å². The first kappa shape index (κ1) is 86.9. The molecule has 1 aromatic heterocycles. The molecule has 35 nitrogen and oxygen atoms in total. The van der Waals surface area contributed by atoms with Crippen LogP contribution < -0.4 is 56.6 Å². The summed E-state index contributed by atoms with van der Waals surface area (Å²) in [5.74, 6) is -11.0. The number of carbonyl (C=O) groups excluding carboxylic acids is 8. The number of aliphatic carboxylic acids is 4. The Labute approximate surface area is 650 Å². The lowest BCUT2D eigenvalue weighted by atomic mass is 9.88. The van der Waals surface area contributed by atoms with Crippen molar-refractivity contribution in [3.63, 3.8) is 0 Å². The number of fused-ring (bicyclic) bond motifs is 5. The molecular weight excluding hydrogens is 1510 g/mol. The zero-order valence-electron chi connectivity index (χ0n) is 61.1. The molecule has 112 heavy (non-hydrogen) atoms. The van der Waals surface area contributed by atoms with Crippen molar-refractivity contribution in [3.05, 3.63) is 137 Å². The minimum atomic E-state index is -1.74. The van der Waals surface area contributed by atoms with Crippen LogP contribution in [0.15, 0.2) is 104 Å². The molecule has 604 valence electrons. The number of carbonyl (C=O) groups is 12. The summed E-state index contributed by atoms with van der Waals surface area (Å²) in [4.78, 5) is 159. The predicted molar refractivity (Wildman–Crippen MR) is 401 cm³/mol. The molecule has 0 radical (unpaired) electrons. The number of methoxy groups -OCH3 is 1. The molecule has 2 aliphatic heterocycles. The smallest absolute Gasteiger partial charge is 0.493 e. The van der Waals surface area contributed by atoms with Crippen molar-refractivity contribution in [2.45, 2.75) is 152 Å². The number of nitrogens with two attached hydrogens (primary N) is 1. The van der Waals surface area contributed by atoms with E-state index in [4.69, 9.17) is 39.3 Å². The maximum atomic E-state index is 14.3. The number of rotatable bonds is 51. The quantitative estimate of drug-likeness (QED) is 0.00661. The van der Waals surface area contributed by atoms with Crippen LogP contribution in [0.2, 0.25) is 0 Å². The second kappa shape index (κ2) is 43.8. The molecular formula is C75H92N10O25S2. The van der Waals surface area contributed by atoms with Gasteiger partial charge in [0.05, 0.1) is 61.7 Å². The Morgan fingerprint density at radius 1 is 0.714 bits per heavy atom. The molecule has 5 aromatic rings. The number of aliphatic hydroxyl groups excluding tert-OH is 3. The number of aromatic nitrogens is 2. The highest BCUT2D eigenvalue weighted by Crippen LogP contribution is 2.53. The highest BCUT2D eigenvalue weighted by Gasteiger charge is 2.44. The third-order valence-electron chi connectivity index (χ3n) is 18.4. The van der Waals surface area contributed by atoms with Crippen molar-refractivity contribution in [1.29, 1.82) is 0 Å². The molecule has 0 saturated heterocycles. The van der Waals surface area contributed by atoms with E-state index in [-0.39, 0.29) is 124 Å². The van der Waals surface area contributed by atoms with Crippen molar-refractivity contribution in [2.75, 3.05) is 51.6 Å². The van der Waals surface area contributed by atoms with Crippen LogP contribution in [0.1, 0.15) is 128 Å². The molecule has 3 aliphatic rings. The van der Waals surface area contributed by atoms with E-state index in [2.05, 4.69) is 36.9 Å². The number of allylic oxidation sites excluding steroid dienone is 1. The van der Waals surface area contributed by atoms with Crippen molar-refractivity contribution >= 4 is 105 Å². The van der Waals surface area contributed by atoms with Gasteiger partial charge in [-0.25, -0.2) is 15.1 Å². The third-order valence-corrected chi connectivity index (χ3v) is 20.9. The monoisotopic (exact) mass is 1600 g/mol. The van der Waals surface area contributed by atoms with Crippen LogP contribution in [0.4, 0.5) is 4.79 Å². The number of amides is 4. The lowest BCUT2D eigenvalue weighted by Crippen LogP contribution is -2.54. The van der Waals surface area contributed by atoms with Gasteiger partial charge in [-0.15, -0.1) is 0 Å². The Hall–Kier alpha value is -10.7. The molecule has 0 unspecified atom stereocenters. The third kappa shape index (κ3) is 26.2. The van der Waals surface area contributed by atoms with Crippen molar-refractivity contribution < 1.29 is 122 Å². The van der Waals surface area contributed by atoms with Gasteiger partial charge in [0.1, 0.15) is 18.7 Å². The Kier molecular flexibility index (Phi) is 34.0. The summed E-state index contributed by atoms with van der Waals surface area (Å²) >= 11 is 0.